The van der Waals surface area contributed by atoms with Gasteiger partial charge < -0.3 is 4.74 Å². The second-order valence-electron chi connectivity index (χ2n) is 4.27. The molecule has 2 saturated carbocycles. The molecule has 0 unspecified atom stereocenters. The van der Waals surface area contributed by atoms with Gasteiger partial charge in [-0.3, -0.25) is 4.79 Å². The van der Waals surface area contributed by atoms with Gasteiger partial charge in [-0.2, -0.15) is 0 Å². The van der Waals surface area contributed by atoms with Crippen molar-refractivity contribution < 1.29 is 9.53 Å². The van der Waals surface area contributed by atoms with Crippen molar-refractivity contribution in [3.8, 4) is 0 Å². The Labute approximate surface area is 73.3 Å². The summed E-state index contributed by atoms with van der Waals surface area (Å²) in [6.07, 6.45) is 7.26. The predicted octanol–water partition coefficient (Wildman–Crippen LogP) is 2.13. The fourth-order valence-corrected chi connectivity index (χ4v) is 2.11. The van der Waals surface area contributed by atoms with Crippen LogP contribution < -0.4 is 0 Å². The lowest BCUT2D eigenvalue weighted by Gasteiger charge is -2.28. The van der Waals surface area contributed by atoms with Crippen molar-refractivity contribution in [2.24, 2.45) is 11.3 Å². The second kappa shape index (κ2) is 2.75. The van der Waals surface area contributed by atoms with E-state index in [2.05, 4.69) is 0 Å². The van der Waals surface area contributed by atoms with Crippen molar-refractivity contribution >= 4 is 5.97 Å². The summed E-state index contributed by atoms with van der Waals surface area (Å²) in [4.78, 5) is 11.3. The molecule has 2 rings (SSSR count). The summed E-state index contributed by atoms with van der Waals surface area (Å²) in [5.74, 6) is 0.862. The van der Waals surface area contributed by atoms with Gasteiger partial charge in [-0.05, 0) is 25.2 Å². The van der Waals surface area contributed by atoms with E-state index < -0.39 is 0 Å². The van der Waals surface area contributed by atoms with Crippen LogP contribution in [0.5, 0.6) is 0 Å². The van der Waals surface area contributed by atoms with E-state index in [0.29, 0.717) is 0 Å². The molecule has 68 valence electrons. The Hall–Kier alpha value is -0.530. The molecule has 2 nitrogen and oxygen atoms in total. The van der Waals surface area contributed by atoms with E-state index in [1.807, 2.05) is 0 Å². The molecule has 2 aliphatic rings. The molecule has 0 aromatic carbocycles. The molecule has 0 saturated heterocycles. The SMILES string of the molecule is COC(=O)C1(CC2CCC2)CC1. The smallest absolute Gasteiger partial charge is 0.311 e. The van der Waals surface area contributed by atoms with Crippen LogP contribution in [0, 0.1) is 11.3 Å². The van der Waals surface area contributed by atoms with E-state index in [0.717, 1.165) is 25.2 Å². The van der Waals surface area contributed by atoms with Crippen LogP contribution in [-0.2, 0) is 9.53 Å². The van der Waals surface area contributed by atoms with Crippen LogP contribution in [0.1, 0.15) is 38.5 Å². The van der Waals surface area contributed by atoms with Crippen LogP contribution in [0.15, 0.2) is 0 Å². The van der Waals surface area contributed by atoms with Crippen LogP contribution in [0.4, 0.5) is 0 Å². The molecule has 2 heteroatoms. The maximum absolute atomic E-state index is 11.3. The van der Waals surface area contributed by atoms with Crippen LogP contribution in [-0.4, -0.2) is 13.1 Å². The summed E-state index contributed by atoms with van der Waals surface area (Å²) in [6.45, 7) is 0. The van der Waals surface area contributed by atoms with E-state index in [-0.39, 0.29) is 11.4 Å². The zero-order valence-electron chi connectivity index (χ0n) is 7.64. The van der Waals surface area contributed by atoms with Crippen LogP contribution in [0.2, 0.25) is 0 Å². The quantitative estimate of drug-likeness (QED) is 0.603. The summed E-state index contributed by atoms with van der Waals surface area (Å²) >= 11 is 0. The molecule has 0 atom stereocenters. The average molecular weight is 168 g/mol. The van der Waals surface area contributed by atoms with E-state index in [1.165, 1.54) is 26.4 Å². The fraction of sp³-hybridized carbons (Fsp3) is 0.900. The van der Waals surface area contributed by atoms with Gasteiger partial charge in [0.15, 0.2) is 0 Å². The second-order valence-corrected chi connectivity index (χ2v) is 4.27. The van der Waals surface area contributed by atoms with Crippen molar-refractivity contribution in [3.05, 3.63) is 0 Å². The summed E-state index contributed by atoms with van der Waals surface area (Å²) < 4.78 is 4.81. The molecular weight excluding hydrogens is 152 g/mol. The first-order chi connectivity index (χ1) is 5.77. The predicted molar refractivity (Wildman–Crippen MR) is 45.6 cm³/mol. The minimum atomic E-state index is -0.0279. The zero-order chi connectivity index (χ0) is 8.60. The lowest BCUT2D eigenvalue weighted by molar-refractivity contribution is -0.148. The van der Waals surface area contributed by atoms with Gasteiger partial charge in [0, 0.05) is 0 Å². The Morgan fingerprint density at radius 3 is 2.50 bits per heavy atom. The Morgan fingerprint density at radius 1 is 1.50 bits per heavy atom. The highest BCUT2D eigenvalue weighted by Crippen LogP contribution is 2.54. The highest BCUT2D eigenvalue weighted by Gasteiger charge is 2.52. The highest BCUT2D eigenvalue weighted by atomic mass is 16.5. The molecule has 2 aliphatic carbocycles. The first kappa shape index (κ1) is 8.09. The van der Waals surface area contributed by atoms with Crippen molar-refractivity contribution in [2.45, 2.75) is 38.5 Å². The number of hydrogen-bond acceptors (Lipinski definition) is 2. The highest BCUT2D eigenvalue weighted by molar-refractivity contribution is 5.79. The minimum Gasteiger partial charge on any atom is -0.469 e. The lowest BCUT2D eigenvalue weighted by Crippen LogP contribution is -2.24. The first-order valence-corrected chi connectivity index (χ1v) is 4.85. The van der Waals surface area contributed by atoms with Crippen LogP contribution >= 0.6 is 0 Å². The molecule has 12 heavy (non-hydrogen) atoms. The Balaban J connectivity index is 1.88. The largest absolute Gasteiger partial charge is 0.469 e. The van der Waals surface area contributed by atoms with E-state index >= 15 is 0 Å². The van der Waals surface area contributed by atoms with Crippen molar-refractivity contribution in [3.63, 3.8) is 0 Å². The maximum atomic E-state index is 11.3. The van der Waals surface area contributed by atoms with Gasteiger partial charge >= 0.3 is 5.97 Å². The van der Waals surface area contributed by atoms with Gasteiger partial charge in [0.25, 0.3) is 0 Å². The number of carbonyl (C=O) groups is 1. The molecule has 0 N–H and O–H groups in total. The van der Waals surface area contributed by atoms with E-state index in [4.69, 9.17) is 4.74 Å². The molecule has 2 fully saturated rings. The Morgan fingerprint density at radius 2 is 2.17 bits per heavy atom. The number of esters is 1. The standard InChI is InChI=1S/C10H16O2/c1-12-9(11)10(5-6-10)7-8-3-2-4-8/h8H,2-7H2,1H3. The molecule has 0 aromatic heterocycles. The maximum Gasteiger partial charge on any atom is 0.311 e. The lowest BCUT2D eigenvalue weighted by atomic mass is 9.78. The van der Waals surface area contributed by atoms with E-state index in [9.17, 15) is 4.79 Å². The fourth-order valence-electron chi connectivity index (χ4n) is 2.11. The molecule has 0 aromatic rings. The molecule has 0 heterocycles. The van der Waals surface area contributed by atoms with Gasteiger partial charge in [0.1, 0.15) is 0 Å². The van der Waals surface area contributed by atoms with E-state index in [1.54, 1.807) is 0 Å². The molecule has 0 radical (unpaired) electrons. The zero-order valence-corrected chi connectivity index (χ0v) is 7.64. The van der Waals surface area contributed by atoms with Gasteiger partial charge in [0.05, 0.1) is 12.5 Å². The van der Waals surface area contributed by atoms with Crippen LogP contribution in [0.25, 0.3) is 0 Å². The normalized spacial score (nSPS) is 26.1. The summed E-state index contributed by atoms with van der Waals surface area (Å²) in [7, 11) is 1.50. The van der Waals surface area contributed by atoms with Crippen molar-refractivity contribution in [1.82, 2.24) is 0 Å². The van der Waals surface area contributed by atoms with Gasteiger partial charge in [0.2, 0.25) is 0 Å². The van der Waals surface area contributed by atoms with Gasteiger partial charge in [-0.15, -0.1) is 0 Å². The minimum absolute atomic E-state index is 0.0279. The van der Waals surface area contributed by atoms with Gasteiger partial charge in [-0.1, -0.05) is 19.3 Å². The third kappa shape index (κ3) is 1.23. The molecule has 0 amide bonds. The molecule has 0 spiro atoms. The summed E-state index contributed by atoms with van der Waals surface area (Å²) in [6, 6.07) is 0. The molecular formula is C10H16O2. The van der Waals surface area contributed by atoms with Gasteiger partial charge in [-0.25, -0.2) is 0 Å². The number of methoxy groups -OCH3 is 1. The van der Waals surface area contributed by atoms with Crippen molar-refractivity contribution in [2.75, 3.05) is 7.11 Å². The molecule has 0 bridgehead atoms. The Bertz CT molecular complexity index is 190. The summed E-state index contributed by atoms with van der Waals surface area (Å²) in [5, 5.41) is 0. The molecule has 0 aliphatic heterocycles. The topological polar surface area (TPSA) is 26.3 Å². The third-order valence-electron chi connectivity index (χ3n) is 3.38. The summed E-state index contributed by atoms with van der Waals surface area (Å²) in [5.41, 5.74) is -0.0279. The van der Waals surface area contributed by atoms with Crippen LogP contribution in [0.3, 0.4) is 0 Å². The number of ether oxygens (including phenoxy) is 1. The number of hydrogen-bond donors (Lipinski definition) is 0. The first-order valence-electron chi connectivity index (χ1n) is 4.85. The Kier molecular flexibility index (Phi) is 1.85. The third-order valence-corrected chi connectivity index (χ3v) is 3.38. The number of carbonyl (C=O) groups excluding carboxylic acids is 1. The monoisotopic (exact) mass is 168 g/mol. The average Bonchev–Trinajstić information content (AvgIpc) is 2.77. The van der Waals surface area contributed by atoms with Crippen molar-refractivity contribution in [1.29, 1.82) is 0 Å². The number of rotatable bonds is 3.